The van der Waals surface area contributed by atoms with Gasteiger partial charge < -0.3 is 10.2 Å². The van der Waals surface area contributed by atoms with Crippen molar-refractivity contribution in [3.63, 3.8) is 0 Å². The van der Waals surface area contributed by atoms with E-state index < -0.39 is 0 Å². The molecule has 0 spiro atoms. The lowest BCUT2D eigenvalue weighted by molar-refractivity contribution is -0.0990. The smallest absolute Gasteiger partial charge is 0.0568 e. The van der Waals surface area contributed by atoms with Gasteiger partial charge in [0.2, 0.25) is 0 Å². The van der Waals surface area contributed by atoms with Crippen molar-refractivity contribution in [1.82, 2.24) is 0 Å². The minimum absolute atomic E-state index is 0.0484. The Bertz CT molecular complexity index is 447. The molecule has 0 aromatic carbocycles. The van der Waals surface area contributed by atoms with Crippen LogP contribution in [0.15, 0.2) is 0 Å². The zero-order valence-electron chi connectivity index (χ0n) is 15.2. The van der Waals surface area contributed by atoms with Crippen molar-refractivity contribution >= 4 is 0 Å². The topological polar surface area (TPSA) is 40.5 Å². The summed E-state index contributed by atoms with van der Waals surface area (Å²) in [5.41, 5.74) is 0.391. The first-order chi connectivity index (χ1) is 10.9. The summed E-state index contributed by atoms with van der Waals surface area (Å²) < 4.78 is 0. The van der Waals surface area contributed by atoms with Crippen LogP contribution < -0.4 is 0 Å². The molecule has 132 valence electrons. The van der Waals surface area contributed by atoms with Gasteiger partial charge in [0.15, 0.2) is 0 Å². The molecular formula is C21H36O2. The average Bonchev–Trinajstić information content (AvgIpc) is 2.86. The minimum Gasteiger partial charge on any atom is -0.393 e. The summed E-state index contributed by atoms with van der Waals surface area (Å²) in [6.07, 6.45) is 10.2. The summed E-state index contributed by atoms with van der Waals surface area (Å²) in [6.45, 7) is 6.78. The van der Waals surface area contributed by atoms with E-state index in [1.165, 1.54) is 44.9 Å². The van der Waals surface area contributed by atoms with Crippen LogP contribution in [0.2, 0.25) is 0 Å². The van der Waals surface area contributed by atoms with E-state index in [1.807, 2.05) is 6.92 Å². The summed E-state index contributed by atoms with van der Waals surface area (Å²) in [6, 6.07) is 0. The Morgan fingerprint density at radius 3 is 2.48 bits per heavy atom. The Kier molecular flexibility index (Phi) is 4.08. The van der Waals surface area contributed by atoms with Crippen LogP contribution in [0.3, 0.4) is 0 Å². The van der Waals surface area contributed by atoms with Crippen LogP contribution in [0.4, 0.5) is 0 Å². The first-order valence-electron chi connectivity index (χ1n) is 10.3. The molecule has 23 heavy (non-hydrogen) atoms. The van der Waals surface area contributed by atoms with E-state index in [-0.39, 0.29) is 12.2 Å². The number of rotatable bonds is 1. The Hall–Kier alpha value is -0.0800. The van der Waals surface area contributed by atoms with E-state index in [9.17, 15) is 10.2 Å². The highest BCUT2D eigenvalue weighted by Crippen LogP contribution is 2.64. The zero-order chi connectivity index (χ0) is 16.4. The molecule has 0 bridgehead atoms. The molecule has 0 saturated heterocycles. The van der Waals surface area contributed by atoms with Crippen LogP contribution in [0, 0.1) is 46.8 Å². The van der Waals surface area contributed by atoms with Gasteiger partial charge in [-0.2, -0.15) is 0 Å². The number of aliphatic hydroxyl groups is 2. The maximum absolute atomic E-state index is 10.3. The highest BCUT2D eigenvalue weighted by atomic mass is 16.3. The predicted octanol–water partition coefficient (Wildman–Crippen LogP) is 4.24. The van der Waals surface area contributed by atoms with Gasteiger partial charge in [-0.15, -0.1) is 0 Å². The van der Waals surface area contributed by atoms with Crippen molar-refractivity contribution in [2.75, 3.05) is 0 Å². The normalized spacial score (nSPS) is 57.3. The summed E-state index contributed by atoms with van der Waals surface area (Å²) in [5.74, 6) is 5.36. The van der Waals surface area contributed by atoms with Gasteiger partial charge in [-0.05, 0) is 105 Å². The molecule has 0 aromatic heterocycles. The third-order valence-electron chi connectivity index (χ3n) is 9.02. The second-order valence-electron chi connectivity index (χ2n) is 9.92. The molecule has 4 aliphatic carbocycles. The summed E-state index contributed by atoms with van der Waals surface area (Å²) >= 11 is 0. The van der Waals surface area contributed by atoms with Gasteiger partial charge in [-0.1, -0.05) is 13.8 Å². The molecular weight excluding hydrogens is 284 g/mol. The lowest BCUT2D eigenvalue weighted by Gasteiger charge is -2.57. The van der Waals surface area contributed by atoms with Crippen molar-refractivity contribution in [1.29, 1.82) is 0 Å². The van der Waals surface area contributed by atoms with Crippen molar-refractivity contribution in [3.05, 3.63) is 0 Å². The van der Waals surface area contributed by atoms with E-state index in [1.54, 1.807) is 0 Å². The minimum atomic E-state index is -0.136. The van der Waals surface area contributed by atoms with E-state index in [0.29, 0.717) is 17.3 Å². The molecule has 0 aromatic rings. The van der Waals surface area contributed by atoms with Crippen LogP contribution in [0.5, 0.6) is 0 Å². The van der Waals surface area contributed by atoms with E-state index in [2.05, 4.69) is 13.8 Å². The molecule has 0 radical (unpaired) electrons. The van der Waals surface area contributed by atoms with Gasteiger partial charge in [-0.3, -0.25) is 0 Å². The lowest BCUT2D eigenvalue weighted by Crippen LogP contribution is -2.50. The first-order valence-corrected chi connectivity index (χ1v) is 10.3. The monoisotopic (exact) mass is 320 g/mol. The molecule has 2 N–H and O–H groups in total. The summed E-state index contributed by atoms with van der Waals surface area (Å²) in [4.78, 5) is 0. The second kappa shape index (κ2) is 5.73. The Morgan fingerprint density at radius 2 is 1.74 bits per heavy atom. The number of hydrogen-bond acceptors (Lipinski definition) is 2. The number of aliphatic hydroxyl groups excluding tert-OH is 2. The predicted molar refractivity (Wildman–Crippen MR) is 92.8 cm³/mol. The summed E-state index contributed by atoms with van der Waals surface area (Å²) in [5, 5.41) is 20.5. The quantitative estimate of drug-likeness (QED) is 0.758. The maximum Gasteiger partial charge on any atom is 0.0568 e. The molecule has 2 unspecified atom stereocenters. The molecule has 0 heterocycles. The largest absolute Gasteiger partial charge is 0.393 e. The highest BCUT2D eigenvalue weighted by Gasteiger charge is 2.57. The zero-order valence-corrected chi connectivity index (χ0v) is 15.2. The second-order valence-corrected chi connectivity index (χ2v) is 9.92. The standard InChI is InChI=1S/C21H36O2/c1-12-10-17-14(11-20(12)23)4-5-16-15(17)8-9-21(3)18(13(2)22)6-7-19(16)21/h12-20,22-23H,4-11H2,1-3H3/t12-,13?,14-,15+,16-,17+,18-,19+,20?,21-/m1/s1. The third-order valence-corrected chi connectivity index (χ3v) is 9.02. The van der Waals surface area contributed by atoms with Gasteiger partial charge in [0, 0.05) is 0 Å². The van der Waals surface area contributed by atoms with Crippen molar-refractivity contribution in [2.45, 2.75) is 84.3 Å². The van der Waals surface area contributed by atoms with Crippen LogP contribution in [0.1, 0.15) is 72.1 Å². The third kappa shape index (κ3) is 2.42. The molecule has 4 fully saturated rings. The lowest BCUT2D eigenvalue weighted by atomic mass is 9.49. The Balaban J connectivity index is 1.56. The first kappa shape index (κ1) is 16.4. The van der Waals surface area contributed by atoms with Crippen LogP contribution >= 0.6 is 0 Å². The summed E-state index contributed by atoms with van der Waals surface area (Å²) in [7, 11) is 0. The highest BCUT2D eigenvalue weighted by molar-refractivity contribution is 5.07. The molecule has 4 rings (SSSR count). The van der Waals surface area contributed by atoms with Crippen LogP contribution in [0.25, 0.3) is 0 Å². The average molecular weight is 321 g/mol. The Morgan fingerprint density at radius 1 is 0.957 bits per heavy atom. The maximum atomic E-state index is 10.3. The van der Waals surface area contributed by atoms with Gasteiger partial charge in [0.05, 0.1) is 12.2 Å². The van der Waals surface area contributed by atoms with Crippen LogP contribution in [-0.2, 0) is 0 Å². The SMILES string of the molecule is CC(O)[C@H]1CC[C@H]2[C@@H]3CC[C@@H]4CC(O)[C@H](C)C[C@@H]4[C@H]3CC[C@]12C. The molecule has 4 saturated carbocycles. The fourth-order valence-corrected chi connectivity index (χ4v) is 7.86. The van der Waals surface area contributed by atoms with E-state index in [4.69, 9.17) is 0 Å². The Labute approximate surface area is 142 Å². The molecule has 2 nitrogen and oxygen atoms in total. The molecule has 2 heteroatoms. The molecule has 0 aliphatic heterocycles. The fourth-order valence-electron chi connectivity index (χ4n) is 7.86. The van der Waals surface area contributed by atoms with Gasteiger partial charge in [0.1, 0.15) is 0 Å². The number of fused-ring (bicyclic) bond motifs is 5. The van der Waals surface area contributed by atoms with Gasteiger partial charge in [-0.25, -0.2) is 0 Å². The fraction of sp³-hybridized carbons (Fsp3) is 1.00. The van der Waals surface area contributed by atoms with Crippen molar-refractivity contribution < 1.29 is 10.2 Å². The van der Waals surface area contributed by atoms with Crippen molar-refractivity contribution in [3.8, 4) is 0 Å². The van der Waals surface area contributed by atoms with E-state index >= 15 is 0 Å². The molecule has 10 atom stereocenters. The van der Waals surface area contributed by atoms with Gasteiger partial charge >= 0.3 is 0 Å². The molecule has 4 aliphatic rings. The van der Waals surface area contributed by atoms with Gasteiger partial charge in [0.25, 0.3) is 0 Å². The molecule has 0 amide bonds. The van der Waals surface area contributed by atoms with Crippen LogP contribution in [-0.4, -0.2) is 22.4 Å². The number of hydrogen-bond donors (Lipinski definition) is 2. The van der Waals surface area contributed by atoms with Crippen molar-refractivity contribution in [2.24, 2.45) is 46.8 Å². The van der Waals surface area contributed by atoms with E-state index in [0.717, 1.165) is 36.0 Å².